The Hall–Kier alpha value is -0.800. The summed E-state index contributed by atoms with van der Waals surface area (Å²) >= 11 is 9.27. The smallest absolute Gasteiger partial charge is 0.123 e. The molecular weight excluding hydrogens is 275 g/mol. The van der Waals surface area contributed by atoms with Crippen molar-refractivity contribution in [2.75, 3.05) is 5.73 Å². The highest BCUT2D eigenvalue weighted by Crippen LogP contribution is 2.28. The summed E-state index contributed by atoms with van der Waals surface area (Å²) in [5.41, 5.74) is 5.55. The van der Waals surface area contributed by atoms with E-state index in [0.29, 0.717) is 10.8 Å². The van der Waals surface area contributed by atoms with Crippen molar-refractivity contribution in [2.45, 2.75) is 13.8 Å². The van der Waals surface area contributed by atoms with Crippen molar-refractivity contribution in [1.29, 1.82) is 0 Å². The fraction of sp³-hybridized carbons (Fsp3) is 0.182. The van der Waals surface area contributed by atoms with Gasteiger partial charge in [0.2, 0.25) is 0 Å². The first-order valence-corrected chi connectivity index (χ1v) is 5.84. The topological polar surface area (TPSA) is 38.9 Å². The first kappa shape index (κ1) is 12.3. The lowest BCUT2D eigenvalue weighted by Gasteiger charge is -2.01. The van der Waals surface area contributed by atoms with Gasteiger partial charge < -0.3 is 5.73 Å². The molecule has 1 heterocycles. The van der Waals surface area contributed by atoms with Crippen molar-refractivity contribution in [2.24, 2.45) is 0 Å². The molecule has 2 N–H and O–H groups in total. The van der Waals surface area contributed by atoms with E-state index in [9.17, 15) is 0 Å². The van der Waals surface area contributed by atoms with Crippen LogP contribution in [-0.2, 0) is 0 Å². The van der Waals surface area contributed by atoms with Crippen LogP contribution in [0, 0.1) is 0 Å². The van der Waals surface area contributed by atoms with Crippen LogP contribution < -0.4 is 5.73 Å². The van der Waals surface area contributed by atoms with Crippen molar-refractivity contribution >= 4 is 44.1 Å². The Morgan fingerprint density at radius 3 is 2.53 bits per heavy atom. The zero-order valence-electron chi connectivity index (χ0n) is 8.59. The maximum Gasteiger partial charge on any atom is 0.123 e. The lowest BCUT2D eigenvalue weighted by Crippen LogP contribution is -1.88. The summed E-state index contributed by atoms with van der Waals surface area (Å²) in [7, 11) is 0. The zero-order chi connectivity index (χ0) is 11.4. The minimum absolute atomic E-state index is 0.515. The van der Waals surface area contributed by atoms with E-state index in [4.69, 9.17) is 17.3 Å². The van der Waals surface area contributed by atoms with Crippen LogP contribution in [0.1, 0.15) is 13.8 Å². The average molecular weight is 288 g/mol. The molecule has 2 aromatic rings. The van der Waals surface area contributed by atoms with Crippen LogP contribution in [0.5, 0.6) is 0 Å². The number of halogens is 2. The summed E-state index contributed by atoms with van der Waals surface area (Å²) in [6, 6.07) is 5.60. The molecule has 0 spiro atoms. The quantitative estimate of drug-likeness (QED) is 0.786. The predicted molar refractivity (Wildman–Crippen MR) is 70.2 cm³/mol. The van der Waals surface area contributed by atoms with Crippen LogP contribution in [0.2, 0.25) is 5.02 Å². The summed E-state index contributed by atoms with van der Waals surface area (Å²) in [4.78, 5) is 3.98. The largest absolute Gasteiger partial charge is 0.384 e. The summed E-state index contributed by atoms with van der Waals surface area (Å²) in [5, 5.41) is 2.70. The molecule has 1 aromatic carbocycles. The molecule has 4 heteroatoms. The van der Waals surface area contributed by atoms with E-state index in [1.807, 2.05) is 32.0 Å². The number of fused-ring (bicyclic) bond motifs is 1. The van der Waals surface area contributed by atoms with Crippen LogP contribution in [-0.4, -0.2) is 4.98 Å². The van der Waals surface area contributed by atoms with Gasteiger partial charge in [-0.1, -0.05) is 25.4 Å². The van der Waals surface area contributed by atoms with Gasteiger partial charge in [-0.05, 0) is 39.5 Å². The molecular formula is C11H12BrClN2. The number of aromatic nitrogens is 1. The summed E-state index contributed by atoms with van der Waals surface area (Å²) in [6.07, 6.45) is 1.71. The summed E-state index contributed by atoms with van der Waals surface area (Å²) in [5.74, 6) is 0.515. The third-order valence-electron chi connectivity index (χ3n) is 1.78. The monoisotopic (exact) mass is 286 g/mol. The molecule has 2 nitrogen and oxygen atoms in total. The molecule has 0 amide bonds. The first-order chi connectivity index (χ1) is 7.16. The second kappa shape index (κ2) is 5.33. The standard InChI is InChI=1S/C9H6BrClN2.C2H6/c10-7-1-5-3-9(12)13-4-6(5)2-8(7)11;1-2/h1-4H,(H2,12,13);1-2H3. The van der Waals surface area contributed by atoms with Gasteiger partial charge in [0.1, 0.15) is 5.82 Å². The second-order valence-electron chi connectivity index (χ2n) is 2.72. The number of hydrogen-bond donors (Lipinski definition) is 1. The molecule has 15 heavy (non-hydrogen) atoms. The van der Waals surface area contributed by atoms with Gasteiger partial charge in [-0.2, -0.15) is 0 Å². The van der Waals surface area contributed by atoms with Gasteiger partial charge in [-0.25, -0.2) is 4.98 Å². The number of nitrogens with zero attached hydrogens (tertiary/aromatic N) is 1. The number of nitrogen functional groups attached to an aromatic ring is 1. The van der Waals surface area contributed by atoms with Crippen LogP contribution in [0.4, 0.5) is 5.82 Å². The van der Waals surface area contributed by atoms with Crippen LogP contribution in [0.3, 0.4) is 0 Å². The van der Waals surface area contributed by atoms with E-state index in [0.717, 1.165) is 15.2 Å². The molecule has 0 atom stereocenters. The van der Waals surface area contributed by atoms with E-state index < -0.39 is 0 Å². The molecule has 2 rings (SSSR count). The molecule has 80 valence electrons. The molecule has 0 saturated heterocycles. The van der Waals surface area contributed by atoms with E-state index in [1.54, 1.807) is 6.20 Å². The van der Waals surface area contributed by atoms with Gasteiger partial charge in [0.15, 0.2) is 0 Å². The Balaban J connectivity index is 0.000000531. The Morgan fingerprint density at radius 2 is 1.87 bits per heavy atom. The Bertz CT molecular complexity index is 471. The number of hydrogen-bond acceptors (Lipinski definition) is 2. The van der Waals surface area contributed by atoms with Gasteiger partial charge in [-0.15, -0.1) is 0 Å². The van der Waals surface area contributed by atoms with E-state index >= 15 is 0 Å². The molecule has 0 aliphatic carbocycles. The number of nitrogens with two attached hydrogens (primary N) is 1. The normalized spacial score (nSPS) is 9.60. The minimum Gasteiger partial charge on any atom is -0.384 e. The van der Waals surface area contributed by atoms with Crippen LogP contribution in [0.15, 0.2) is 28.9 Å². The van der Waals surface area contributed by atoms with Gasteiger partial charge in [0.25, 0.3) is 0 Å². The molecule has 0 aliphatic heterocycles. The van der Waals surface area contributed by atoms with Gasteiger partial charge >= 0.3 is 0 Å². The molecule has 1 aromatic heterocycles. The fourth-order valence-corrected chi connectivity index (χ4v) is 1.69. The second-order valence-corrected chi connectivity index (χ2v) is 3.98. The van der Waals surface area contributed by atoms with Crippen LogP contribution in [0.25, 0.3) is 10.8 Å². The predicted octanol–water partition coefficient (Wildman–Crippen LogP) is 4.26. The highest BCUT2D eigenvalue weighted by atomic mass is 79.9. The molecule has 0 saturated carbocycles. The molecule has 0 radical (unpaired) electrons. The number of benzene rings is 1. The summed E-state index contributed by atoms with van der Waals surface area (Å²) in [6.45, 7) is 4.00. The Kier molecular flexibility index (Phi) is 4.36. The zero-order valence-corrected chi connectivity index (χ0v) is 10.9. The Morgan fingerprint density at radius 1 is 1.20 bits per heavy atom. The molecule has 0 aliphatic rings. The number of anilines is 1. The average Bonchev–Trinajstić information content (AvgIpc) is 2.23. The van der Waals surface area contributed by atoms with E-state index in [-0.39, 0.29) is 0 Å². The van der Waals surface area contributed by atoms with Gasteiger partial charge in [0, 0.05) is 16.1 Å². The van der Waals surface area contributed by atoms with Crippen molar-refractivity contribution in [3.05, 3.63) is 33.9 Å². The first-order valence-electron chi connectivity index (χ1n) is 4.67. The van der Waals surface area contributed by atoms with Gasteiger partial charge in [-0.3, -0.25) is 0 Å². The summed E-state index contributed by atoms with van der Waals surface area (Å²) < 4.78 is 0.868. The third-order valence-corrected chi connectivity index (χ3v) is 2.98. The van der Waals surface area contributed by atoms with Crippen LogP contribution >= 0.6 is 27.5 Å². The van der Waals surface area contributed by atoms with Crippen molar-refractivity contribution in [3.8, 4) is 0 Å². The lowest BCUT2D eigenvalue weighted by molar-refractivity contribution is 1.37. The molecule has 0 bridgehead atoms. The van der Waals surface area contributed by atoms with E-state index in [2.05, 4.69) is 20.9 Å². The van der Waals surface area contributed by atoms with Crippen molar-refractivity contribution in [1.82, 2.24) is 4.98 Å². The highest BCUT2D eigenvalue weighted by Gasteiger charge is 2.00. The lowest BCUT2D eigenvalue weighted by atomic mass is 10.2. The van der Waals surface area contributed by atoms with Gasteiger partial charge in [0.05, 0.1) is 5.02 Å². The third kappa shape index (κ3) is 2.83. The molecule has 0 unspecified atom stereocenters. The number of rotatable bonds is 0. The highest BCUT2D eigenvalue weighted by molar-refractivity contribution is 9.10. The van der Waals surface area contributed by atoms with E-state index in [1.165, 1.54) is 0 Å². The van der Waals surface area contributed by atoms with Crippen molar-refractivity contribution < 1.29 is 0 Å². The number of pyridine rings is 1. The maximum absolute atomic E-state index is 5.92. The molecule has 0 fully saturated rings. The SMILES string of the molecule is CC.Nc1cc2cc(Br)c(Cl)cc2cn1. The minimum atomic E-state index is 0.515. The van der Waals surface area contributed by atoms with Crippen molar-refractivity contribution in [3.63, 3.8) is 0 Å². The maximum atomic E-state index is 5.92. The fourth-order valence-electron chi connectivity index (χ4n) is 1.16. The Labute approximate surface area is 103 Å².